The van der Waals surface area contributed by atoms with Gasteiger partial charge < -0.3 is 4.98 Å². The molecule has 0 aliphatic heterocycles. The number of aryl methyl sites for hydroxylation is 1. The van der Waals surface area contributed by atoms with Crippen molar-refractivity contribution < 1.29 is 29.7 Å². The number of aromatic amines is 1. The Hall–Kier alpha value is -3.19. The number of nitrogens with zero attached hydrogens (tertiary/aromatic N) is 2. The number of pyridine rings is 1. The van der Waals surface area contributed by atoms with Gasteiger partial charge in [-0.25, -0.2) is 4.98 Å². The number of hydrogen-bond acceptors (Lipinski definition) is 1. The first-order valence-electron chi connectivity index (χ1n) is 10.9. The van der Waals surface area contributed by atoms with Crippen LogP contribution in [0.5, 0.6) is 0 Å². The molecule has 3 nitrogen and oxygen atoms in total. The van der Waals surface area contributed by atoms with Crippen LogP contribution in [0.15, 0.2) is 85.3 Å². The summed E-state index contributed by atoms with van der Waals surface area (Å²) in [5.74, 6) is 0.424. The van der Waals surface area contributed by atoms with Crippen LogP contribution in [0.2, 0.25) is 0 Å². The van der Waals surface area contributed by atoms with E-state index in [1.165, 1.54) is 28.1 Å². The molecular weight excluding hydrogens is 487 g/mol. The number of benzene rings is 2. The van der Waals surface area contributed by atoms with Crippen molar-refractivity contribution in [1.82, 2.24) is 9.97 Å². The predicted octanol–water partition coefficient (Wildman–Crippen LogP) is 8.78. The standard InChI is InChI=1S/C25H26N3.F6P/c1-19(2)24-15-22(20-9-5-3-6-10-20)16-25(21-11-7-4-8-12-21)28(24)14-13-23-17-26-18-27-23;1-7(2,3,4,5)6/h3-12,15-19H,13-14H2,1-2H3,(H,26,27);/q+1;-1. The molecule has 2 aromatic carbocycles. The van der Waals surface area contributed by atoms with Crippen LogP contribution in [-0.4, -0.2) is 9.97 Å². The van der Waals surface area contributed by atoms with Crippen molar-refractivity contribution >= 4 is 7.81 Å². The fourth-order valence-corrected chi connectivity index (χ4v) is 3.67. The SMILES string of the molecule is CC(C)c1cc(-c2ccccc2)cc(-c2ccccc2)[n+]1CCc1cnc[nH]1.F[P-](F)(F)(F)(F)F. The molecule has 0 bridgehead atoms. The van der Waals surface area contributed by atoms with Crippen LogP contribution >= 0.6 is 7.81 Å². The van der Waals surface area contributed by atoms with Crippen LogP contribution < -0.4 is 4.57 Å². The maximum absolute atomic E-state index is 10.7. The van der Waals surface area contributed by atoms with Gasteiger partial charge in [0.1, 0.15) is 0 Å². The molecule has 0 radical (unpaired) electrons. The van der Waals surface area contributed by atoms with Gasteiger partial charge in [-0.15, -0.1) is 0 Å². The van der Waals surface area contributed by atoms with E-state index >= 15 is 0 Å². The molecule has 0 saturated heterocycles. The van der Waals surface area contributed by atoms with Gasteiger partial charge in [0.2, 0.25) is 5.69 Å². The first-order chi connectivity index (χ1) is 16.2. The number of rotatable bonds is 6. The van der Waals surface area contributed by atoms with Gasteiger partial charge >= 0.3 is 33.0 Å². The van der Waals surface area contributed by atoms with Crippen LogP contribution in [0.25, 0.3) is 22.4 Å². The van der Waals surface area contributed by atoms with Gasteiger partial charge in [-0.05, 0) is 23.3 Å². The summed E-state index contributed by atoms with van der Waals surface area (Å²) in [5.41, 5.74) is 7.52. The molecule has 0 saturated carbocycles. The summed E-state index contributed by atoms with van der Waals surface area (Å²) in [6, 6.07) is 26.0. The molecule has 4 rings (SSSR count). The molecule has 0 amide bonds. The van der Waals surface area contributed by atoms with Gasteiger partial charge in [-0.2, -0.15) is 4.57 Å². The van der Waals surface area contributed by atoms with Gasteiger partial charge in [0.05, 0.1) is 6.33 Å². The average Bonchev–Trinajstić information content (AvgIpc) is 3.30. The molecule has 1 N–H and O–H groups in total. The Kier molecular flexibility index (Phi) is 7.14. The summed E-state index contributed by atoms with van der Waals surface area (Å²) >= 11 is 0. The Balaban J connectivity index is 0.000000429. The van der Waals surface area contributed by atoms with Crippen LogP contribution in [-0.2, 0) is 13.0 Å². The molecule has 0 spiro atoms. The number of halogens is 6. The molecule has 0 aliphatic carbocycles. The molecule has 0 unspecified atom stereocenters. The Morgan fingerprint density at radius 2 is 1.34 bits per heavy atom. The van der Waals surface area contributed by atoms with Crippen molar-refractivity contribution in [2.45, 2.75) is 32.7 Å². The average molecular weight is 513 g/mol. The molecule has 35 heavy (non-hydrogen) atoms. The number of hydrogen-bond donors (Lipinski definition) is 1. The predicted molar refractivity (Wildman–Crippen MR) is 127 cm³/mol. The fourth-order valence-electron chi connectivity index (χ4n) is 3.67. The van der Waals surface area contributed by atoms with E-state index in [1.54, 1.807) is 6.33 Å². The number of H-pyrrole nitrogens is 1. The second-order valence-electron chi connectivity index (χ2n) is 8.38. The Morgan fingerprint density at radius 3 is 1.83 bits per heavy atom. The summed E-state index contributed by atoms with van der Waals surface area (Å²) in [4.78, 5) is 7.39. The zero-order chi connectivity index (χ0) is 25.8. The number of nitrogens with one attached hydrogen (secondary N) is 1. The van der Waals surface area contributed by atoms with Crippen molar-refractivity contribution in [3.05, 3.63) is 96.7 Å². The molecule has 0 aliphatic rings. The summed E-state index contributed by atoms with van der Waals surface area (Å²) in [7, 11) is -10.7. The zero-order valence-electron chi connectivity index (χ0n) is 19.2. The minimum absolute atomic E-state index is 0.424. The van der Waals surface area contributed by atoms with E-state index in [-0.39, 0.29) is 0 Å². The quantitative estimate of drug-likeness (QED) is 0.156. The molecule has 10 heteroatoms. The first-order valence-corrected chi connectivity index (χ1v) is 12.9. The van der Waals surface area contributed by atoms with Crippen molar-refractivity contribution in [2.75, 3.05) is 0 Å². The van der Waals surface area contributed by atoms with E-state index in [0.29, 0.717) is 5.92 Å². The van der Waals surface area contributed by atoms with E-state index in [0.717, 1.165) is 18.7 Å². The summed E-state index contributed by atoms with van der Waals surface area (Å²) in [5, 5.41) is 0. The second kappa shape index (κ2) is 9.46. The van der Waals surface area contributed by atoms with Gasteiger partial charge in [-0.1, -0.05) is 62.4 Å². The third-order valence-corrected chi connectivity index (χ3v) is 5.13. The van der Waals surface area contributed by atoms with E-state index in [2.05, 4.69) is 101 Å². The van der Waals surface area contributed by atoms with Crippen molar-refractivity contribution in [3.8, 4) is 22.4 Å². The normalized spacial score (nSPS) is 13.5. The molecule has 4 aromatic rings. The van der Waals surface area contributed by atoms with E-state index in [4.69, 9.17) is 0 Å². The Morgan fingerprint density at radius 1 is 0.800 bits per heavy atom. The number of aromatic nitrogens is 3. The monoisotopic (exact) mass is 513 g/mol. The topological polar surface area (TPSA) is 32.6 Å². The third kappa shape index (κ3) is 9.17. The van der Waals surface area contributed by atoms with E-state index in [1.807, 2.05) is 6.20 Å². The van der Waals surface area contributed by atoms with Crippen molar-refractivity contribution in [1.29, 1.82) is 0 Å². The van der Waals surface area contributed by atoms with Gasteiger partial charge in [0.25, 0.3) is 0 Å². The summed E-state index contributed by atoms with van der Waals surface area (Å²) < 4.78 is 61.7. The van der Waals surface area contributed by atoms with Crippen LogP contribution in [0, 0.1) is 0 Å². The van der Waals surface area contributed by atoms with Gasteiger partial charge in [0.15, 0.2) is 12.2 Å². The van der Waals surface area contributed by atoms with Crippen molar-refractivity contribution in [2.24, 2.45) is 0 Å². The maximum atomic E-state index is 9.87. The Labute approximate surface area is 199 Å². The summed E-state index contributed by atoms with van der Waals surface area (Å²) in [6.45, 7) is 5.45. The van der Waals surface area contributed by atoms with Gasteiger partial charge in [0, 0.05) is 41.9 Å². The van der Waals surface area contributed by atoms with Crippen LogP contribution in [0.3, 0.4) is 0 Å². The van der Waals surface area contributed by atoms with Gasteiger partial charge in [-0.3, -0.25) is 0 Å². The second-order valence-corrected chi connectivity index (χ2v) is 10.3. The third-order valence-electron chi connectivity index (χ3n) is 5.13. The molecular formula is C25H26F6N3P. The van der Waals surface area contributed by atoms with E-state index in [9.17, 15) is 25.2 Å². The van der Waals surface area contributed by atoms with Crippen LogP contribution in [0.4, 0.5) is 25.2 Å². The molecule has 2 aromatic heterocycles. The van der Waals surface area contributed by atoms with E-state index < -0.39 is 7.81 Å². The molecule has 2 heterocycles. The first kappa shape index (κ1) is 26.4. The molecule has 188 valence electrons. The molecule has 0 atom stereocenters. The number of imidazole rings is 1. The van der Waals surface area contributed by atoms with Crippen LogP contribution in [0.1, 0.15) is 31.2 Å². The minimum atomic E-state index is -10.7. The zero-order valence-corrected chi connectivity index (χ0v) is 20.1. The molecule has 0 fully saturated rings. The Bertz CT molecular complexity index is 1230. The fraction of sp³-hybridized carbons (Fsp3) is 0.200. The van der Waals surface area contributed by atoms with Crippen molar-refractivity contribution in [3.63, 3.8) is 0 Å². The summed E-state index contributed by atoms with van der Waals surface area (Å²) in [6.07, 6.45) is 4.59.